The van der Waals surface area contributed by atoms with Crippen molar-refractivity contribution >= 4 is 6.09 Å². The van der Waals surface area contributed by atoms with E-state index in [1.807, 2.05) is 20.8 Å². The van der Waals surface area contributed by atoms with Gasteiger partial charge in [-0.25, -0.2) is 4.79 Å². The summed E-state index contributed by atoms with van der Waals surface area (Å²) in [5.74, 6) is 0. The average molecular weight is 243 g/mol. The summed E-state index contributed by atoms with van der Waals surface area (Å²) in [5.41, 5.74) is -0.419. The molecule has 1 heterocycles. The van der Waals surface area contributed by atoms with E-state index in [-0.39, 0.29) is 6.09 Å². The first kappa shape index (κ1) is 14.3. The zero-order valence-corrected chi connectivity index (χ0v) is 11.1. The maximum absolute atomic E-state index is 11.3. The van der Waals surface area contributed by atoms with Gasteiger partial charge in [0.15, 0.2) is 0 Å². The highest BCUT2D eigenvalue weighted by Crippen LogP contribution is 2.06. The summed E-state index contributed by atoms with van der Waals surface area (Å²) in [4.78, 5) is 11.3. The lowest BCUT2D eigenvalue weighted by molar-refractivity contribution is 0.0527. The van der Waals surface area contributed by atoms with Crippen molar-refractivity contribution in [3.05, 3.63) is 0 Å². The summed E-state index contributed by atoms with van der Waals surface area (Å²) < 4.78 is 5.14. The molecule has 1 fully saturated rings. The van der Waals surface area contributed by atoms with Crippen molar-refractivity contribution in [2.24, 2.45) is 0 Å². The standard InChI is InChI=1S/C12H25N3O2/c1-12(2,3)17-11(16)15-7-4-6-14-10-5-8-13-9-10/h10,13-14H,4-9H2,1-3H3,(H,15,16)/t10-/m0/s1. The number of carbonyl (C=O) groups excluding carboxylic acids is 1. The highest BCUT2D eigenvalue weighted by Gasteiger charge is 2.15. The predicted octanol–water partition coefficient (Wildman–Crippen LogP) is 0.853. The fraction of sp³-hybridized carbons (Fsp3) is 0.917. The first-order chi connectivity index (χ1) is 7.97. The summed E-state index contributed by atoms with van der Waals surface area (Å²) in [6, 6.07) is 0.594. The van der Waals surface area contributed by atoms with Gasteiger partial charge >= 0.3 is 6.09 Å². The molecule has 1 aliphatic rings. The van der Waals surface area contributed by atoms with Crippen molar-refractivity contribution in [1.82, 2.24) is 16.0 Å². The molecule has 1 aliphatic heterocycles. The zero-order chi connectivity index (χ0) is 12.7. The van der Waals surface area contributed by atoms with Crippen LogP contribution < -0.4 is 16.0 Å². The van der Waals surface area contributed by atoms with Crippen molar-refractivity contribution in [2.45, 2.75) is 45.3 Å². The summed E-state index contributed by atoms with van der Waals surface area (Å²) in [5, 5.41) is 9.50. The smallest absolute Gasteiger partial charge is 0.407 e. The van der Waals surface area contributed by atoms with Gasteiger partial charge in [-0.2, -0.15) is 0 Å². The van der Waals surface area contributed by atoms with Gasteiger partial charge in [0.1, 0.15) is 5.60 Å². The number of carbonyl (C=O) groups is 1. The van der Waals surface area contributed by atoms with Gasteiger partial charge in [0.25, 0.3) is 0 Å². The average Bonchev–Trinajstić information content (AvgIpc) is 2.67. The summed E-state index contributed by atoms with van der Waals surface area (Å²) >= 11 is 0. The van der Waals surface area contributed by atoms with Crippen molar-refractivity contribution in [3.8, 4) is 0 Å². The fourth-order valence-electron chi connectivity index (χ4n) is 1.73. The van der Waals surface area contributed by atoms with E-state index in [1.54, 1.807) is 0 Å². The van der Waals surface area contributed by atoms with E-state index in [2.05, 4.69) is 16.0 Å². The van der Waals surface area contributed by atoms with E-state index < -0.39 is 5.60 Å². The van der Waals surface area contributed by atoms with E-state index in [9.17, 15) is 4.79 Å². The van der Waals surface area contributed by atoms with E-state index >= 15 is 0 Å². The maximum atomic E-state index is 11.3. The van der Waals surface area contributed by atoms with Crippen molar-refractivity contribution < 1.29 is 9.53 Å². The van der Waals surface area contributed by atoms with E-state index in [4.69, 9.17) is 4.74 Å². The van der Waals surface area contributed by atoms with Crippen LogP contribution in [0.2, 0.25) is 0 Å². The molecule has 0 radical (unpaired) electrons. The molecule has 0 unspecified atom stereocenters. The van der Waals surface area contributed by atoms with Crippen LogP contribution in [0.1, 0.15) is 33.6 Å². The van der Waals surface area contributed by atoms with Gasteiger partial charge in [-0.3, -0.25) is 0 Å². The number of hydrogen-bond acceptors (Lipinski definition) is 4. The lowest BCUT2D eigenvalue weighted by Crippen LogP contribution is -2.36. The van der Waals surface area contributed by atoms with Gasteiger partial charge in [0.2, 0.25) is 0 Å². The molecule has 0 aromatic heterocycles. The Kier molecular flexibility index (Phi) is 5.71. The molecule has 5 heteroatoms. The first-order valence-electron chi connectivity index (χ1n) is 6.38. The highest BCUT2D eigenvalue weighted by molar-refractivity contribution is 5.67. The molecule has 0 aromatic rings. The van der Waals surface area contributed by atoms with E-state index in [0.29, 0.717) is 12.6 Å². The van der Waals surface area contributed by atoms with Crippen LogP contribution in [0, 0.1) is 0 Å². The SMILES string of the molecule is CC(C)(C)OC(=O)NCCCN[C@H]1CCNC1. The molecule has 3 N–H and O–H groups in total. The molecule has 0 spiro atoms. The molecule has 1 rings (SSSR count). The minimum atomic E-state index is -0.419. The quantitative estimate of drug-likeness (QED) is 0.627. The van der Waals surface area contributed by atoms with Crippen molar-refractivity contribution in [3.63, 3.8) is 0 Å². The Morgan fingerprint density at radius 1 is 1.41 bits per heavy atom. The lowest BCUT2D eigenvalue weighted by Gasteiger charge is -2.19. The Morgan fingerprint density at radius 2 is 2.18 bits per heavy atom. The largest absolute Gasteiger partial charge is 0.444 e. The predicted molar refractivity (Wildman–Crippen MR) is 68.1 cm³/mol. The van der Waals surface area contributed by atoms with Gasteiger partial charge in [-0.15, -0.1) is 0 Å². The Balaban J connectivity index is 1.94. The molecule has 100 valence electrons. The number of ether oxygens (including phenoxy) is 1. The number of rotatable bonds is 5. The Hall–Kier alpha value is -0.810. The molecule has 0 bridgehead atoms. The van der Waals surface area contributed by atoms with Gasteiger partial charge in [0.05, 0.1) is 0 Å². The van der Waals surface area contributed by atoms with Crippen LogP contribution in [-0.4, -0.2) is 43.9 Å². The second-order valence-electron chi connectivity index (χ2n) is 5.43. The van der Waals surface area contributed by atoms with Crippen LogP contribution in [0.3, 0.4) is 0 Å². The molecular weight excluding hydrogens is 218 g/mol. The van der Waals surface area contributed by atoms with Gasteiger partial charge < -0.3 is 20.7 Å². The van der Waals surface area contributed by atoms with Crippen molar-refractivity contribution in [1.29, 1.82) is 0 Å². The van der Waals surface area contributed by atoms with Crippen LogP contribution in [0.5, 0.6) is 0 Å². The Bertz CT molecular complexity index is 232. The fourth-order valence-corrected chi connectivity index (χ4v) is 1.73. The molecule has 0 aliphatic carbocycles. The van der Waals surface area contributed by atoms with Crippen LogP contribution in [0.25, 0.3) is 0 Å². The normalized spacial score (nSPS) is 20.3. The third-order valence-electron chi connectivity index (χ3n) is 2.52. The van der Waals surface area contributed by atoms with Gasteiger partial charge in [-0.1, -0.05) is 0 Å². The number of amides is 1. The number of hydrogen-bond donors (Lipinski definition) is 3. The van der Waals surface area contributed by atoms with Crippen LogP contribution in [0.15, 0.2) is 0 Å². The zero-order valence-electron chi connectivity index (χ0n) is 11.1. The molecule has 5 nitrogen and oxygen atoms in total. The topological polar surface area (TPSA) is 62.4 Å². The molecule has 1 amide bonds. The number of nitrogens with one attached hydrogen (secondary N) is 3. The first-order valence-corrected chi connectivity index (χ1v) is 6.38. The van der Waals surface area contributed by atoms with Gasteiger partial charge in [0, 0.05) is 19.1 Å². The maximum Gasteiger partial charge on any atom is 0.407 e. The molecule has 17 heavy (non-hydrogen) atoms. The molecule has 0 saturated carbocycles. The molecule has 0 aromatic carbocycles. The van der Waals surface area contributed by atoms with Crippen molar-refractivity contribution in [2.75, 3.05) is 26.2 Å². The Morgan fingerprint density at radius 3 is 2.76 bits per heavy atom. The summed E-state index contributed by atoms with van der Waals surface area (Å²) in [7, 11) is 0. The highest BCUT2D eigenvalue weighted by atomic mass is 16.6. The van der Waals surface area contributed by atoms with Gasteiger partial charge in [-0.05, 0) is 46.7 Å². The third kappa shape index (κ3) is 7.18. The molecule has 1 atom stereocenters. The minimum Gasteiger partial charge on any atom is -0.444 e. The van der Waals surface area contributed by atoms with Crippen LogP contribution in [0.4, 0.5) is 4.79 Å². The molecular formula is C12H25N3O2. The minimum absolute atomic E-state index is 0.333. The number of alkyl carbamates (subject to hydrolysis) is 1. The second kappa shape index (κ2) is 6.81. The summed E-state index contributed by atoms with van der Waals surface area (Å²) in [6.07, 6.45) is 1.79. The summed E-state index contributed by atoms with van der Waals surface area (Å²) in [6.45, 7) is 9.33. The van der Waals surface area contributed by atoms with Crippen LogP contribution >= 0.6 is 0 Å². The third-order valence-corrected chi connectivity index (χ3v) is 2.52. The monoisotopic (exact) mass is 243 g/mol. The lowest BCUT2D eigenvalue weighted by atomic mass is 10.2. The van der Waals surface area contributed by atoms with Crippen LogP contribution in [-0.2, 0) is 4.74 Å². The Labute approximate surface area is 104 Å². The molecule has 1 saturated heterocycles. The van der Waals surface area contributed by atoms with E-state index in [1.165, 1.54) is 6.42 Å². The second-order valence-corrected chi connectivity index (χ2v) is 5.43. The van der Waals surface area contributed by atoms with E-state index in [0.717, 1.165) is 26.1 Å².